The van der Waals surface area contributed by atoms with Crippen LogP contribution in [0.2, 0.25) is 5.02 Å². The Bertz CT molecular complexity index is 1220. The lowest BCUT2D eigenvalue weighted by Gasteiger charge is -2.32. The molecule has 5 rings (SSSR count). The minimum absolute atomic E-state index is 0.00742. The first-order chi connectivity index (χ1) is 14.7. The van der Waals surface area contributed by atoms with E-state index in [4.69, 9.17) is 16.6 Å². The number of hydrogen-bond acceptors (Lipinski definition) is 3. The van der Waals surface area contributed by atoms with Crippen molar-refractivity contribution in [2.45, 2.75) is 25.4 Å². The molecule has 152 valence electrons. The van der Waals surface area contributed by atoms with E-state index < -0.39 is 0 Å². The molecule has 0 spiro atoms. The molecule has 0 radical (unpaired) electrons. The summed E-state index contributed by atoms with van der Waals surface area (Å²) in [6.07, 6.45) is 1.91. The van der Waals surface area contributed by atoms with Crippen LogP contribution in [0.4, 0.5) is 0 Å². The lowest BCUT2D eigenvalue weighted by atomic mass is 10.0. The zero-order valence-corrected chi connectivity index (χ0v) is 17.3. The van der Waals surface area contributed by atoms with Gasteiger partial charge in [0.05, 0.1) is 22.4 Å². The molecule has 0 bridgehead atoms. The van der Waals surface area contributed by atoms with E-state index in [1.807, 2.05) is 59.2 Å². The highest BCUT2D eigenvalue weighted by Crippen LogP contribution is 2.26. The number of benzene rings is 2. The molecule has 1 aliphatic heterocycles. The third-order valence-corrected chi connectivity index (χ3v) is 6.13. The van der Waals surface area contributed by atoms with Gasteiger partial charge in [0.15, 0.2) is 0 Å². The van der Waals surface area contributed by atoms with Crippen molar-refractivity contribution in [2.24, 2.45) is 0 Å². The van der Waals surface area contributed by atoms with E-state index in [9.17, 15) is 4.79 Å². The Balaban J connectivity index is 1.27. The highest BCUT2D eigenvalue weighted by atomic mass is 35.5. The van der Waals surface area contributed by atoms with Gasteiger partial charge in [-0.15, -0.1) is 0 Å². The molecular weight excluding hydrogens is 396 g/mol. The third kappa shape index (κ3) is 3.78. The molecule has 1 aliphatic rings. The fourth-order valence-electron chi connectivity index (χ4n) is 4.35. The van der Waals surface area contributed by atoms with Crippen molar-refractivity contribution in [3.63, 3.8) is 0 Å². The Labute approximate surface area is 179 Å². The minimum Gasteiger partial charge on any atom is -0.306 e. The van der Waals surface area contributed by atoms with Crippen LogP contribution in [0.5, 0.6) is 0 Å². The Morgan fingerprint density at radius 3 is 2.53 bits per heavy atom. The summed E-state index contributed by atoms with van der Waals surface area (Å²) >= 11 is 6.00. The second kappa shape index (κ2) is 8.09. The third-order valence-electron chi connectivity index (χ3n) is 5.88. The van der Waals surface area contributed by atoms with Gasteiger partial charge in [0.2, 0.25) is 0 Å². The Kier molecular flexibility index (Phi) is 5.15. The number of aromatic amines is 1. The number of halogens is 1. The molecule has 0 saturated carbocycles. The molecule has 3 heterocycles. The molecule has 0 atom stereocenters. The molecule has 30 heavy (non-hydrogen) atoms. The highest BCUT2D eigenvalue weighted by molar-refractivity contribution is 6.30. The van der Waals surface area contributed by atoms with Crippen molar-refractivity contribution in [2.75, 3.05) is 13.1 Å². The maximum absolute atomic E-state index is 12.5. The van der Waals surface area contributed by atoms with Crippen LogP contribution in [0.25, 0.3) is 22.3 Å². The molecule has 1 saturated heterocycles. The average Bonchev–Trinajstić information content (AvgIpc) is 3.11. The van der Waals surface area contributed by atoms with E-state index in [-0.39, 0.29) is 11.7 Å². The number of H-pyrrole nitrogens is 1. The normalized spacial score (nSPS) is 15.6. The predicted octanol–water partition coefficient (Wildman–Crippen LogP) is 4.88. The topological polar surface area (TPSA) is 53.9 Å². The summed E-state index contributed by atoms with van der Waals surface area (Å²) < 4.78 is 1.94. The summed E-state index contributed by atoms with van der Waals surface area (Å²) in [4.78, 5) is 22.7. The van der Waals surface area contributed by atoms with E-state index in [1.54, 1.807) is 0 Å². The van der Waals surface area contributed by atoms with Crippen molar-refractivity contribution in [1.29, 1.82) is 0 Å². The molecule has 1 N–H and O–H groups in total. The maximum atomic E-state index is 12.5. The van der Waals surface area contributed by atoms with Crippen molar-refractivity contribution < 1.29 is 0 Å². The van der Waals surface area contributed by atoms with Gasteiger partial charge in [0.1, 0.15) is 0 Å². The molecule has 0 unspecified atom stereocenters. The van der Waals surface area contributed by atoms with Crippen molar-refractivity contribution >= 4 is 22.6 Å². The van der Waals surface area contributed by atoms with Gasteiger partial charge in [0.25, 0.3) is 0 Å². The van der Waals surface area contributed by atoms with Crippen LogP contribution in [0, 0.1) is 0 Å². The lowest BCUT2D eigenvalue weighted by molar-refractivity contribution is 0.178. The zero-order valence-electron chi connectivity index (χ0n) is 16.6. The second-order valence-corrected chi connectivity index (χ2v) is 8.28. The summed E-state index contributed by atoms with van der Waals surface area (Å²) in [6, 6.07) is 22.1. The van der Waals surface area contributed by atoms with E-state index >= 15 is 0 Å². The highest BCUT2D eigenvalue weighted by Gasteiger charge is 2.23. The second-order valence-electron chi connectivity index (χ2n) is 7.85. The zero-order chi connectivity index (χ0) is 20.5. The molecule has 2 aromatic heterocycles. The fraction of sp³-hybridized carbons (Fsp3) is 0.250. The van der Waals surface area contributed by atoms with E-state index in [1.165, 1.54) is 0 Å². The first kappa shape index (κ1) is 19.1. The predicted molar refractivity (Wildman–Crippen MR) is 121 cm³/mol. The lowest BCUT2D eigenvalue weighted by Crippen LogP contribution is -2.36. The van der Waals surface area contributed by atoms with Crippen LogP contribution >= 0.6 is 11.6 Å². The summed E-state index contributed by atoms with van der Waals surface area (Å²) in [6.45, 7) is 2.71. The van der Waals surface area contributed by atoms with Gasteiger partial charge in [-0.25, -0.2) is 4.79 Å². The molecule has 4 aromatic rings. The van der Waals surface area contributed by atoms with Gasteiger partial charge < -0.3 is 4.98 Å². The van der Waals surface area contributed by atoms with Gasteiger partial charge in [-0.1, -0.05) is 41.9 Å². The number of nitrogens with zero attached hydrogens (tertiary/aromatic N) is 3. The van der Waals surface area contributed by atoms with Crippen LogP contribution in [0.1, 0.15) is 24.6 Å². The largest absolute Gasteiger partial charge is 0.326 e. The number of hydrogen-bond donors (Lipinski definition) is 1. The number of para-hydroxylation sites is 2. The van der Waals surface area contributed by atoms with E-state index in [2.05, 4.69) is 22.0 Å². The van der Waals surface area contributed by atoms with Gasteiger partial charge >= 0.3 is 5.69 Å². The van der Waals surface area contributed by atoms with Gasteiger partial charge in [-0.3, -0.25) is 14.5 Å². The number of rotatable bonds is 4. The summed E-state index contributed by atoms with van der Waals surface area (Å²) in [5, 5.41) is 0.729. The van der Waals surface area contributed by atoms with E-state index in [0.29, 0.717) is 0 Å². The molecule has 1 fully saturated rings. The van der Waals surface area contributed by atoms with Gasteiger partial charge in [-0.05, 0) is 49.2 Å². The maximum Gasteiger partial charge on any atom is 0.326 e. The Morgan fingerprint density at radius 1 is 0.967 bits per heavy atom. The van der Waals surface area contributed by atoms with Gasteiger partial charge in [0, 0.05) is 36.3 Å². The molecule has 2 aromatic carbocycles. The number of pyridine rings is 1. The Morgan fingerprint density at radius 2 is 1.73 bits per heavy atom. The fourth-order valence-corrected chi connectivity index (χ4v) is 4.48. The molecular formula is C24H23ClN4O. The minimum atomic E-state index is -0.00742. The molecule has 0 aliphatic carbocycles. The molecule has 6 heteroatoms. The van der Waals surface area contributed by atoms with Crippen LogP contribution in [0.3, 0.4) is 0 Å². The van der Waals surface area contributed by atoms with Crippen LogP contribution < -0.4 is 5.69 Å². The first-order valence-corrected chi connectivity index (χ1v) is 10.7. The van der Waals surface area contributed by atoms with Crippen LogP contribution in [-0.4, -0.2) is 32.5 Å². The van der Waals surface area contributed by atoms with Gasteiger partial charge in [-0.2, -0.15) is 0 Å². The average molecular weight is 419 g/mol. The monoisotopic (exact) mass is 418 g/mol. The number of likely N-dealkylation sites (tertiary alicyclic amines) is 1. The van der Waals surface area contributed by atoms with E-state index in [0.717, 1.165) is 65.5 Å². The summed E-state index contributed by atoms with van der Waals surface area (Å²) in [5.41, 5.74) is 4.99. The van der Waals surface area contributed by atoms with Crippen molar-refractivity contribution in [1.82, 2.24) is 19.4 Å². The summed E-state index contributed by atoms with van der Waals surface area (Å²) in [5.74, 6) is 0. The smallest absolute Gasteiger partial charge is 0.306 e. The number of aromatic nitrogens is 3. The van der Waals surface area contributed by atoms with Crippen LogP contribution in [0.15, 0.2) is 71.5 Å². The number of nitrogens with one attached hydrogen (secondary N) is 1. The van der Waals surface area contributed by atoms with Crippen molar-refractivity contribution in [3.05, 3.63) is 87.9 Å². The number of piperidine rings is 1. The molecule has 5 nitrogen and oxygen atoms in total. The molecule has 0 amide bonds. The Hall–Kier alpha value is -2.89. The van der Waals surface area contributed by atoms with Crippen molar-refractivity contribution in [3.8, 4) is 11.3 Å². The quantitative estimate of drug-likeness (QED) is 0.513. The summed E-state index contributed by atoms with van der Waals surface area (Å²) in [7, 11) is 0. The van der Waals surface area contributed by atoms with Crippen LogP contribution in [-0.2, 0) is 6.54 Å². The standard InChI is InChI=1S/C24H23ClN4O/c25-18-10-8-17(9-11-18)21-6-3-4-19(26-21)16-28-14-12-20(13-15-28)29-23-7-2-1-5-22(23)27-24(29)30/h1-11,20H,12-16H2,(H,27,30). The SMILES string of the molecule is O=c1[nH]c2ccccc2n1C1CCN(Cc2cccc(-c3ccc(Cl)cc3)n2)CC1. The first-order valence-electron chi connectivity index (χ1n) is 10.3. The number of imidazole rings is 1. The number of fused-ring (bicyclic) bond motifs is 1.